The van der Waals surface area contributed by atoms with Crippen LogP contribution in [-0.2, 0) is 28.7 Å². The molecular weight excluding hydrogens is 594 g/mol. The normalized spacial score (nSPS) is 34.1. The van der Waals surface area contributed by atoms with Gasteiger partial charge in [0.15, 0.2) is 0 Å². The minimum atomic E-state index is -1.43. The second kappa shape index (κ2) is 11.0. The molecule has 10 nitrogen and oxygen atoms in total. The number of ether oxygens (including phenoxy) is 2. The summed E-state index contributed by atoms with van der Waals surface area (Å²) in [5.74, 6) is -3.76. The first kappa shape index (κ1) is 27.8. The van der Waals surface area contributed by atoms with Gasteiger partial charge in [-0.25, -0.2) is 0 Å². The van der Waals surface area contributed by atoms with Crippen molar-refractivity contribution in [2.24, 2.45) is 11.8 Å². The highest BCUT2D eigenvalue weighted by Crippen LogP contribution is 2.58. The number of nitrogens with one attached hydrogen (secondary N) is 1. The summed E-state index contributed by atoms with van der Waals surface area (Å²) in [7, 11) is 0. The second-order valence-corrected chi connectivity index (χ2v) is 11.4. The van der Waals surface area contributed by atoms with E-state index in [1.54, 1.807) is 43.3 Å². The molecule has 39 heavy (non-hydrogen) atoms. The number of carbonyl (C=O) groups excluding carboxylic acids is 4. The summed E-state index contributed by atoms with van der Waals surface area (Å²) in [6.45, 7) is 1.44. The quantitative estimate of drug-likeness (QED) is 0.390. The zero-order chi connectivity index (χ0) is 27.9. The Morgan fingerprint density at radius 3 is 2.62 bits per heavy atom. The number of cyclic esters (lactones) is 1. The molecule has 208 valence electrons. The second-order valence-electron chi connectivity index (χ2n) is 10.1. The van der Waals surface area contributed by atoms with Gasteiger partial charge in [-0.05, 0) is 43.7 Å². The van der Waals surface area contributed by atoms with Gasteiger partial charge in [-0.2, -0.15) is 0 Å². The Labute approximate surface area is 239 Å². The number of benzene rings is 1. The zero-order valence-electron chi connectivity index (χ0n) is 21.2. The molecule has 1 spiro atoms. The van der Waals surface area contributed by atoms with Crippen molar-refractivity contribution >= 4 is 56.9 Å². The first-order valence-corrected chi connectivity index (χ1v) is 14.0. The highest BCUT2D eigenvalue weighted by Gasteiger charge is 2.74. The number of allylic oxidation sites excluding steroid dienone is 1. The predicted molar refractivity (Wildman–Crippen MR) is 145 cm³/mol. The first-order valence-electron chi connectivity index (χ1n) is 12.8. The van der Waals surface area contributed by atoms with E-state index < -0.39 is 53.5 Å². The van der Waals surface area contributed by atoms with E-state index in [-0.39, 0.29) is 38.6 Å². The number of amides is 3. The number of likely N-dealkylation sites (tertiary alicyclic amines) is 1. The third-order valence-corrected chi connectivity index (χ3v) is 8.51. The van der Waals surface area contributed by atoms with Gasteiger partial charge in [0.1, 0.15) is 29.8 Å². The van der Waals surface area contributed by atoms with Gasteiger partial charge >= 0.3 is 5.97 Å². The van der Waals surface area contributed by atoms with Crippen LogP contribution in [0.2, 0.25) is 5.02 Å². The number of β-amino-alcohol motifs (C(OH)–C–C–N with tert-alkyl or cyclic N) is 1. The number of hydrogen-bond donors (Lipinski definition) is 2. The number of anilines is 1. The SMILES string of the molecule is C[C@@H]1CNC(=O)CC/C=C\CN(c2ccc(Cl)cc2)C(=O)[C@@H]2N(CCO)C(=O)[C@H]3[C@H](C(=O)O1)[C@H]1O[C@@]23C=C1Br. The number of esters is 1. The van der Waals surface area contributed by atoms with E-state index in [4.69, 9.17) is 21.1 Å². The predicted octanol–water partition coefficient (Wildman–Crippen LogP) is 1.94. The van der Waals surface area contributed by atoms with Crippen LogP contribution in [0.3, 0.4) is 0 Å². The lowest BCUT2D eigenvalue weighted by atomic mass is 9.74. The average Bonchev–Trinajstić information content (AvgIpc) is 3.48. The monoisotopic (exact) mass is 621 g/mol. The maximum atomic E-state index is 14.4. The van der Waals surface area contributed by atoms with Gasteiger partial charge in [-0.1, -0.05) is 39.7 Å². The van der Waals surface area contributed by atoms with E-state index in [2.05, 4.69) is 21.2 Å². The molecular formula is C27H29BrClN3O7. The molecule has 1 aromatic carbocycles. The maximum absolute atomic E-state index is 14.4. The Morgan fingerprint density at radius 1 is 1.15 bits per heavy atom. The fourth-order valence-electron chi connectivity index (χ4n) is 5.88. The van der Waals surface area contributed by atoms with Crippen LogP contribution in [0.15, 0.2) is 47.0 Å². The van der Waals surface area contributed by atoms with Crippen LogP contribution in [0.1, 0.15) is 19.8 Å². The van der Waals surface area contributed by atoms with E-state index in [0.29, 0.717) is 21.6 Å². The fraction of sp³-hybridized carbons (Fsp3) is 0.481. The molecule has 2 N–H and O–H groups in total. The summed E-state index contributed by atoms with van der Waals surface area (Å²) < 4.78 is 12.6. The van der Waals surface area contributed by atoms with E-state index in [1.165, 1.54) is 9.80 Å². The number of fused-ring (bicyclic) bond motifs is 2. The topological polar surface area (TPSA) is 125 Å². The standard InChI is InChI=1S/C27H29BrClN3O7/c1-15-14-30-19(34)5-3-2-4-10-31(17-8-6-16(29)7-9-17)25(36)23-27-13-18(28)22(39-27)20(26(37)38-15)21(27)24(35)32(23)11-12-33/h2,4,6-9,13,15,20-23,33H,3,5,10-12,14H2,1H3,(H,30,34)/b4-2-/t15-,20+,21-,22+,23+,27-/m1/s1. The smallest absolute Gasteiger partial charge is 0.313 e. The van der Waals surface area contributed by atoms with Crippen LogP contribution < -0.4 is 10.2 Å². The van der Waals surface area contributed by atoms with Crippen LogP contribution in [0.5, 0.6) is 0 Å². The first-order chi connectivity index (χ1) is 18.7. The lowest BCUT2D eigenvalue weighted by Crippen LogP contribution is -2.56. The van der Waals surface area contributed by atoms with Crippen LogP contribution in [-0.4, -0.2) is 83.8 Å². The molecule has 0 aromatic heterocycles. The van der Waals surface area contributed by atoms with E-state index >= 15 is 0 Å². The molecule has 0 aliphatic carbocycles. The molecule has 5 bridgehead atoms. The summed E-state index contributed by atoms with van der Waals surface area (Å²) in [6, 6.07) is 5.58. The Kier molecular flexibility index (Phi) is 7.87. The van der Waals surface area contributed by atoms with Crippen molar-refractivity contribution in [1.82, 2.24) is 10.2 Å². The average molecular weight is 623 g/mol. The molecule has 2 saturated heterocycles. The molecule has 4 heterocycles. The van der Waals surface area contributed by atoms with Gasteiger partial charge in [0.2, 0.25) is 11.8 Å². The lowest BCUT2D eigenvalue weighted by molar-refractivity contribution is -0.158. The lowest BCUT2D eigenvalue weighted by Gasteiger charge is -2.35. The molecule has 3 amide bonds. The van der Waals surface area contributed by atoms with Crippen molar-refractivity contribution in [3.8, 4) is 0 Å². The number of aliphatic hydroxyl groups is 1. The van der Waals surface area contributed by atoms with E-state index in [1.807, 2.05) is 6.08 Å². The number of carbonyl (C=O) groups is 4. The molecule has 2 fully saturated rings. The Bertz CT molecular complexity index is 1240. The number of halogens is 2. The molecule has 12 heteroatoms. The van der Waals surface area contributed by atoms with E-state index in [9.17, 15) is 24.3 Å². The minimum Gasteiger partial charge on any atom is -0.460 e. The van der Waals surface area contributed by atoms with Gasteiger partial charge in [0.05, 0.1) is 19.1 Å². The van der Waals surface area contributed by atoms with Crippen LogP contribution in [0, 0.1) is 11.8 Å². The summed E-state index contributed by atoms with van der Waals surface area (Å²) in [6.07, 6.45) is 4.53. The van der Waals surface area contributed by atoms with Gasteiger partial charge in [0, 0.05) is 34.7 Å². The molecule has 6 atom stereocenters. The van der Waals surface area contributed by atoms with Crippen molar-refractivity contribution in [1.29, 1.82) is 0 Å². The van der Waals surface area contributed by atoms with Crippen molar-refractivity contribution < 1.29 is 33.8 Å². The molecule has 4 aliphatic rings. The third-order valence-electron chi connectivity index (χ3n) is 7.57. The number of hydrogen-bond acceptors (Lipinski definition) is 7. The largest absolute Gasteiger partial charge is 0.460 e. The molecule has 5 rings (SSSR count). The third kappa shape index (κ3) is 4.90. The molecule has 0 radical (unpaired) electrons. The Balaban J connectivity index is 1.61. The molecule has 1 aromatic rings. The van der Waals surface area contributed by atoms with Gasteiger partial charge in [-0.3, -0.25) is 19.2 Å². The Hall–Kier alpha value is -2.73. The number of nitrogens with zero attached hydrogens (tertiary/aromatic N) is 2. The fourth-order valence-corrected chi connectivity index (χ4v) is 6.74. The minimum absolute atomic E-state index is 0.110. The van der Waals surface area contributed by atoms with Gasteiger partial charge in [-0.15, -0.1) is 0 Å². The van der Waals surface area contributed by atoms with Crippen LogP contribution in [0.4, 0.5) is 5.69 Å². The Morgan fingerprint density at radius 2 is 1.90 bits per heavy atom. The summed E-state index contributed by atoms with van der Waals surface area (Å²) in [5, 5.41) is 13.1. The molecule has 0 saturated carbocycles. The van der Waals surface area contributed by atoms with Gasteiger partial charge in [0.25, 0.3) is 5.91 Å². The van der Waals surface area contributed by atoms with Crippen molar-refractivity contribution in [2.75, 3.05) is 31.1 Å². The van der Waals surface area contributed by atoms with E-state index in [0.717, 1.165) is 0 Å². The maximum Gasteiger partial charge on any atom is 0.313 e. The summed E-state index contributed by atoms with van der Waals surface area (Å²) in [4.78, 5) is 56.8. The highest BCUT2D eigenvalue weighted by atomic mass is 79.9. The number of aliphatic hydroxyl groups excluding tert-OH is 1. The summed E-state index contributed by atoms with van der Waals surface area (Å²) >= 11 is 9.59. The van der Waals surface area contributed by atoms with Crippen molar-refractivity contribution in [3.63, 3.8) is 0 Å². The zero-order valence-corrected chi connectivity index (χ0v) is 23.6. The number of rotatable bonds is 3. The van der Waals surface area contributed by atoms with Crippen molar-refractivity contribution in [3.05, 3.63) is 52.0 Å². The van der Waals surface area contributed by atoms with Crippen LogP contribution in [0.25, 0.3) is 0 Å². The summed E-state index contributed by atoms with van der Waals surface area (Å²) in [5.41, 5.74) is -0.891. The van der Waals surface area contributed by atoms with Gasteiger partial charge < -0.3 is 29.7 Å². The molecule has 0 unspecified atom stereocenters. The molecule has 4 aliphatic heterocycles. The van der Waals surface area contributed by atoms with Crippen molar-refractivity contribution in [2.45, 2.75) is 43.6 Å². The highest BCUT2D eigenvalue weighted by molar-refractivity contribution is 9.11. The van der Waals surface area contributed by atoms with Crippen LogP contribution >= 0.6 is 27.5 Å².